The second-order valence-corrected chi connectivity index (χ2v) is 2.31. The van der Waals surface area contributed by atoms with Gasteiger partial charge in [-0.05, 0) is 6.92 Å². The number of carbonyl (C=O) groups excluding carboxylic acids is 1. The van der Waals surface area contributed by atoms with Crippen LogP contribution in [0.3, 0.4) is 0 Å². The molecule has 0 saturated carbocycles. The smallest absolute Gasteiger partial charge is 0.289 e. The maximum Gasteiger partial charge on any atom is 0.289 e. The Labute approximate surface area is 76.3 Å². The Kier molecular flexibility index (Phi) is 3.58. The van der Waals surface area contributed by atoms with Crippen molar-refractivity contribution in [2.75, 3.05) is 6.54 Å². The van der Waals surface area contributed by atoms with Gasteiger partial charge in [-0.1, -0.05) is 5.16 Å². The van der Waals surface area contributed by atoms with Crippen LogP contribution in [-0.4, -0.2) is 17.6 Å². The predicted molar refractivity (Wildman–Crippen MR) is 46.9 cm³/mol. The first-order chi connectivity index (χ1) is 6.34. The molecule has 0 bridgehead atoms. The normalized spacial score (nSPS) is 8.69. The Morgan fingerprint density at radius 1 is 1.77 bits per heavy atom. The lowest BCUT2D eigenvalue weighted by atomic mass is 10.4. The summed E-state index contributed by atoms with van der Waals surface area (Å²) in [6.07, 6.45) is 2.08. The third-order valence-corrected chi connectivity index (χ3v) is 1.37. The van der Waals surface area contributed by atoms with Crippen LogP contribution in [-0.2, 0) is 0 Å². The molecule has 13 heavy (non-hydrogen) atoms. The van der Waals surface area contributed by atoms with Crippen LogP contribution in [0.25, 0.3) is 0 Å². The third-order valence-electron chi connectivity index (χ3n) is 1.37. The van der Waals surface area contributed by atoms with Gasteiger partial charge in [0.15, 0.2) is 0 Å². The SMILES string of the molecule is CC#CCCNC(=O)c1ccno1. The molecule has 68 valence electrons. The van der Waals surface area contributed by atoms with Crippen LogP contribution in [0.1, 0.15) is 23.9 Å². The lowest BCUT2D eigenvalue weighted by molar-refractivity contribution is 0.0917. The highest BCUT2D eigenvalue weighted by Crippen LogP contribution is 1.94. The maximum atomic E-state index is 11.2. The summed E-state index contributed by atoms with van der Waals surface area (Å²) < 4.78 is 4.65. The minimum Gasteiger partial charge on any atom is -0.351 e. The van der Waals surface area contributed by atoms with E-state index in [0.717, 1.165) is 0 Å². The number of amides is 1. The van der Waals surface area contributed by atoms with Gasteiger partial charge in [0.05, 0.1) is 6.20 Å². The van der Waals surface area contributed by atoms with Gasteiger partial charge >= 0.3 is 0 Å². The molecule has 1 aromatic rings. The van der Waals surface area contributed by atoms with Crippen molar-refractivity contribution in [3.8, 4) is 11.8 Å². The summed E-state index contributed by atoms with van der Waals surface area (Å²) in [7, 11) is 0. The molecular formula is C9H10N2O2. The van der Waals surface area contributed by atoms with Crippen LogP contribution >= 0.6 is 0 Å². The van der Waals surface area contributed by atoms with Crippen molar-refractivity contribution in [2.24, 2.45) is 0 Å². The van der Waals surface area contributed by atoms with E-state index in [9.17, 15) is 4.79 Å². The first-order valence-electron chi connectivity index (χ1n) is 3.93. The van der Waals surface area contributed by atoms with E-state index in [1.807, 2.05) is 0 Å². The van der Waals surface area contributed by atoms with Crippen LogP contribution in [0, 0.1) is 11.8 Å². The van der Waals surface area contributed by atoms with E-state index < -0.39 is 0 Å². The van der Waals surface area contributed by atoms with E-state index in [1.54, 1.807) is 6.92 Å². The molecule has 0 fully saturated rings. The molecule has 0 saturated heterocycles. The van der Waals surface area contributed by atoms with Gasteiger partial charge in [-0.15, -0.1) is 11.8 Å². The number of aromatic nitrogens is 1. The van der Waals surface area contributed by atoms with Gasteiger partial charge in [0.25, 0.3) is 5.91 Å². The van der Waals surface area contributed by atoms with Crippen LogP contribution in [0.15, 0.2) is 16.8 Å². The summed E-state index contributed by atoms with van der Waals surface area (Å²) in [6.45, 7) is 2.29. The second-order valence-electron chi connectivity index (χ2n) is 2.31. The number of hydrogen-bond donors (Lipinski definition) is 1. The maximum absolute atomic E-state index is 11.2. The van der Waals surface area contributed by atoms with E-state index in [0.29, 0.717) is 13.0 Å². The average Bonchev–Trinajstić information content (AvgIpc) is 2.65. The van der Waals surface area contributed by atoms with Gasteiger partial charge in [-0.3, -0.25) is 4.79 Å². The van der Waals surface area contributed by atoms with Gasteiger partial charge in [-0.25, -0.2) is 0 Å². The molecule has 1 heterocycles. The largest absolute Gasteiger partial charge is 0.351 e. The van der Waals surface area contributed by atoms with E-state index in [-0.39, 0.29) is 11.7 Å². The predicted octanol–water partition coefficient (Wildman–Crippen LogP) is 0.818. The molecule has 1 amide bonds. The summed E-state index contributed by atoms with van der Waals surface area (Å²) in [5, 5.41) is 6.07. The van der Waals surface area contributed by atoms with Crippen molar-refractivity contribution in [3.05, 3.63) is 18.0 Å². The summed E-state index contributed by atoms with van der Waals surface area (Å²) in [5.74, 6) is 5.55. The minimum absolute atomic E-state index is 0.226. The van der Waals surface area contributed by atoms with E-state index in [4.69, 9.17) is 0 Å². The highest BCUT2D eigenvalue weighted by Gasteiger charge is 2.07. The number of rotatable bonds is 3. The summed E-state index contributed by atoms with van der Waals surface area (Å²) in [6, 6.07) is 1.51. The molecule has 1 N–H and O–H groups in total. The van der Waals surface area contributed by atoms with Crippen molar-refractivity contribution < 1.29 is 9.32 Å². The zero-order valence-corrected chi connectivity index (χ0v) is 7.33. The molecular weight excluding hydrogens is 168 g/mol. The molecule has 0 atom stereocenters. The molecule has 0 aliphatic carbocycles. The zero-order chi connectivity index (χ0) is 9.52. The van der Waals surface area contributed by atoms with Gasteiger partial charge < -0.3 is 9.84 Å². The fourth-order valence-corrected chi connectivity index (χ4v) is 0.784. The highest BCUT2D eigenvalue weighted by molar-refractivity contribution is 5.91. The Morgan fingerprint density at radius 3 is 3.23 bits per heavy atom. The van der Waals surface area contributed by atoms with Gasteiger partial charge in [-0.2, -0.15) is 0 Å². The van der Waals surface area contributed by atoms with Crippen molar-refractivity contribution in [1.29, 1.82) is 0 Å². The molecule has 4 heteroatoms. The molecule has 4 nitrogen and oxygen atoms in total. The Morgan fingerprint density at radius 2 is 2.62 bits per heavy atom. The molecule has 0 aliphatic heterocycles. The van der Waals surface area contributed by atoms with E-state index >= 15 is 0 Å². The lowest BCUT2D eigenvalue weighted by Gasteiger charge is -1.97. The highest BCUT2D eigenvalue weighted by atomic mass is 16.5. The Balaban J connectivity index is 2.29. The summed E-state index contributed by atoms with van der Waals surface area (Å²) >= 11 is 0. The summed E-state index contributed by atoms with van der Waals surface area (Å²) in [4.78, 5) is 11.2. The van der Waals surface area contributed by atoms with Gasteiger partial charge in [0.1, 0.15) is 0 Å². The molecule has 0 aliphatic rings. The van der Waals surface area contributed by atoms with E-state index in [1.165, 1.54) is 12.3 Å². The molecule has 1 aromatic heterocycles. The Hall–Kier alpha value is -1.76. The first-order valence-corrected chi connectivity index (χ1v) is 3.93. The first kappa shape index (κ1) is 9.33. The quantitative estimate of drug-likeness (QED) is 0.550. The topological polar surface area (TPSA) is 55.1 Å². The average molecular weight is 178 g/mol. The lowest BCUT2D eigenvalue weighted by Crippen LogP contribution is -2.23. The van der Waals surface area contributed by atoms with Gasteiger partial charge in [0, 0.05) is 19.0 Å². The van der Waals surface area contributed by atoms with Crippen LogP contribution in [0.4, 0.5) is 0 Å². The van der Waals surface area contributed by atoms with E-state index in [2.05, 4.69) is 26.8 Å². The van der Waals surface area contributed by atoms with Crippen molar-refractivity contribution >= 4 is 5.91 Å². The number of carbonyl (C=O) groups is 1. The van der Waals surface area contributed by atoms with Crippen LogP contribution < -0.4 is 5.32 Å². The molecule has 0 aromatic carbocycles. The van der Waals surface area contributed by atoms with Crippen molar-refractivity contribution in [1.82, 2.24) is 10.5 Å². The van der Waals surface area contributed by atoms with Crippen LogP contribution in [0.5, 0.6) is 0 Å². The number of nitrogens with zero attached hydrogens (tertiary/aromatic N) is 1. The zero-order valence-electron chi connectivity index (χ0n) is 7.33. The molecule has 0 unspecified atom stereocenters. The standard InChI is InChI=1S/C9H10N2O2/c1-2-3-4-6-10-9(12)8-5-7-11-13-8/h5,7H,4,6H2,1H3,(H,10,12). The van der Waals surface area contributed by atoms with Gasteiger partial charge in [0.2, 0.25) is 5.76 Å². The molecule has 1 rings (SSSR count). The summed E-state index contributed by atoms with van der Waals surface area (Å²) in [5.41, 5.74) is 0. The third kappa shape index (κ3) is 2.99. The number of hydrogen-bond acceptors (Lipinski definition) is 3. The molecule has 0 radical (unpaired) electrons. The fourth-order valence-electron chi connectivity index (χ4n) is 0.784. The second kappa shape index (κ2) is 4.99. The van der Waals surface area contributed by atoms with Crippen molar-refractivity contribution in [3.63, 3.8) is 0 Å². The van der Waals surface area contributed by atoms with Crippen LogP contribution in [0.2, 0.25) is 0 Å². The minimum atomic E-state index is -0.254. The Bertz CT molecular complexity index is 319. The monoisotopic (exact) mass is 178 g/mol. The van der Waals surface area contributed by atoms with Crippen molar-refractivity contribution in [2.45, 2.75) is 13.3 Å². The fraction of sp³-hybridized carbons (Fsp3) is 0.333. The number of nitrogens with one attached hydrogen (secondary N) is 1. The molecule has 0 spiro atoms.